The van der Waals surface area contributed by atoms with Crippen molar-refractivity contribution in [3.63, 3.8) is 0 Å². The zero-order valence-electron chi connectivity index (χ0n) is 75.6. The summed E-state index contributed by atoms with van der Waals surface area (Å²) in [6.07, 6.45) is 35.6. The number of rotatable bonds is 24. The van der Waals surface area contributed by atoms with Crippen LogP contribution in [0, 0.1) is 0 Å². The summed E-state index contributed by atoms with van der Waals surface area (Å²) in [5, 5.41) is 10.5. The van der Waals surface area contributed by atoms with Gasteiger partial charge in [0.05, 0.1) is 0 Å². The molecule has 138 heavy (non-hydrogen) atoms. The molecule has 666 valence electrons. The van der Waals surface area contributed by atoms with Gasteiger partial charge in [-0.05, 0) is 261 Å². The van der Waals surface area contributed by atoms with Crippen LogP contribution in [0.5, 0.6) is 0 Å². The maximum absolute atomic E-state index is 15.3. The van der Waals surface area contributed by atoms with Gasteiger partial charge in [0.25, 0.3) is 0 Å². The second kappa shape index (κ2) is 45.2. The van der Waals surface area contributed by atoms with Crippen LogP contribution in [0.15, 0.2) is 465 Å². The van der Waals surface area contributed by atoms with Gasteiger partial charge < -0.3 is 4.57 Å². The van der Waals surface area contributed by atoms with Crippen LogP contribution in [0.1, 0.15) is 117 Å². The zero-order valence-corrected chi connectivity index (χ0v) is 86.2. The Morgan fingerprint density at radius 2 is 0.348 bits per heavy atom. The lowest BCUT2D eigenvalue weighted by Gasteiger charge is -2.21. The van der Waals surface area contributed by atoms with Crippen molar-refractivity contribution in [2.24, 2.45) is 0 Å². The predicted molar refractivity (Wildman–Crippen MR) is 621 cm³/mol. The second-order valence-corrected chi connectivity index (χ2v) is 46.1. The van der Waals surface area contributed by atoms with Crippen LogP contribution in [-0.4, -0.2) is 0 Å². The molecular weight excluding hydrogens is 2060 g/mol. The van der Waals surface area contributed by atoms with Crippen LogP contribution in [0.4, 0.5) is 0 Å². The molecule has 0 unspecified atom stereocenters. The van der Waals surface area contributed by atoms with Gasteiger partial charge in [-0.2, -0.15) is 0 Å². The topological polar surface area (TPSA) is 17.1 Å². The van der Waals surface area contributed by atoms with Crippen molar-refractivity contribution in [3.8, 4) is 0 Å². The molecule has 9 heteroatoms. The number of halogens is 5. The molecule has 0 N–H and O–H groups in total. The van der Waals surface area contributed by atoms with Crippen LogP contribution < -0.4 is 47.7 Å². The summed E-state index contributed by atoms with van der Waals surface area (Å²) in [4.78, 5) is 0. The van der Waals surface area contributed by atoms with E-state index in [1.54, 1.807) is 0 Å². The lowest BCUT2D eigenvalue weighted by Crippen LogP contribution is -2.25. The zero-order chi connectivity index (χ0) is 93.9. The first-order valence-corrected chi connectivity index (χ1v) is 54.5. The van der Waals surface area contributed by atoms with Crippen molar-refractivity contribution in [2.45, 2.75) is 19.3 Å². The molecule has 1 nitrogen and oxygen atoms in total. The first kappa shape index (κ1) is 94.1. The Morgan fingerprint density at radius 3 is 0.551 bits per heavy atom. The Balaban J connectivity index is 0.000000132. The van der Waals surface area contributed by atoms with E-state index in [0.29, 0.717) is 0 Å². The van der Waals surface area contributed by atoms with Crippen molar-refractivity contribution in [1.29, 1.82) is 0 Å². The van der Waals surface area contributed by atoms with Gasteiger partial charge in [-0.1, -0.05) is 553 Å². The van der Waals surface area contributed by atoms with Gasteiger partial charge in [0.2, 0.25) is 0 Å². The standard InChI is InChI=1S/C45H33P.C42H30Br3P.C42H31Br2OP/c1-2-8-35-26-40(25-34(35)7-1)31-13-19-43(20-14-31)46(44-21-15-32(16-22-44)41-27-36-9-3-4-10-37(36)28-41)45-23-17-33(18-24-45)42-29-38-11-5-6-12-39(38)30-42;43-37-19-7-31(8-20-37)1-4-34-13-25-40(26-14-34)46(41-27-15-35(16-28-41)5-2-32-9-21-38(44)22-10-32)42-29-17-36(18-30-42)6-3-33-11-23-39(45)24-12-33;43-38-22-12-33(13-23-38)8-10-36-18-28-41(29-19-36)46(45,40-26-16-35(17-27-40)7-6-32-4-2-1-3-5-32)42-30-20-37(21-31-42)11-9-34-14-24-39(44)25-15-34/h1-25,27,29H,26,28,30H2;1-30H;1-31H/b;4-1+,5-2+,6-3+;7-6+,10-8+,11-9+. The van der Waals surface area contributed by atoms with E-state index in [2.05, 4.69) is 498 Å². The van der Waals surface area contributed by atoms with Gasteiger partial charge >= 0.3 is 0 Å². The van der Waals surface area contributed by atoms with Gasteiger partial charge in [0, 0.05) is 38.3 Å². The fourth-order valence-electron chi connectivity index (χ4n) is 17.4. The molecule has 0 atom stereocenters. The predicted octanol–water partition coefficient (Wildman–Crippen LogP) is 33.3. The first-order chi connectivity index (χ1) is 67.7. The highest BCUT2D eigenvalue weighted by atomic mass is 79.9. The number of benzene rings is 18. The molecule has 3 aliphatic carbocycles. The molecule has 0 heterocycles. The summed E-state index contributed by atoms with van der Waals surface area (Å²) < 4.78 is 20.7. The molecule has 0 saturated carbocycles. The summed E-state index contributed by atoms with van der Waals surface area (Å²) in [7, 11) is -4.62. The van der Waals surface area contributed by atoms with Crippen molar-refractivity contribution in [2.75, 3.05) is 0 Å². The Hall–Kier alpha value is -12.9. The Morgan fingerprint density at radius 1 is 0.181 bits per heavy atom. The van der Waals surface area contributed by atoms with Crippen LogP contribution >= 0.6 is 103 Å². The average Bonchev–Trinajstić information content (AvgIpc) is 1.07. The fraction of sp³-hybridized carbons (Fsp3) is 0.0233. The lowest BCUT2D eigenvalue weighted by atomic mass is 10.0. The summed E-state index contributed by atoms with van der Waals surface area (Å²) in [5.74, 6) is 0. The quantitative estimate of drug-likeness (QED) is 0.0435. The van der Waals surface area contributed by atoms with Gasteiger partial charge in [0.15, 0.2) is 7.14 Å². The summed E-state index contributed by atoms with van der Waals surface area (Å²) in [5.41, 5.74) is 30.1. The summed E-state index contributed by atoms with van der Waals surface area (Å²) in [6.45, 7) is 0. The molecule has 0 fully saturated rings. The second-order valence-electron chi connectivity index (χ2n) is 34.3. The van der Waals surface area contributed by atoms with E-state index in [9.17, 15) is 0 Å². The van der Waals surface area contributed by atoms with E-state index in [1.165, 1.54) is 132 Å². The molecule has 18 aromatic rings. The minimum absolute atomic E-state index is 0.718. The molecule has 0 amide bonds. The maximum Gasteiger partial charge on any atom is 0.171 e. The van der Waals surface area contributed by atoms with E-state index in [4.69, 9.17) is 0 Å². The van der Waals surface area contributed by atoms with E-state index >= 15 is 4.57 Å². The molecule has 0 saturated heterocycles. The minimum Gasteiger partial charge on any atom is -0.309 e. The molecule has 21 rings (SSSR count). The maximum atomic E-state index is 15.3. The Bertz CT molecular complexity index is 7040. The number of hydrogen-bond acceptors (Lipinski definition) is 1. The van der Waals surface area contributed by atoms with Gasteiger partial charge in [-0.3, -0.25) is 0 Å². The number of hydrogen-bond donors (Lipinski definition) is 0. The van der Waals surface area contributed by atoms with Crippen molar-refractivity contribution >= 4 is 258 Å². The van der Waals surface area contributed by atoms with E-state index in [1.807, 2.05) is 115 Å². The molecule has 18 aromatic carbocycles. The van der Waals surface area contributed by atoms with Gasteiger partial charge in [0.1, 0.15) is 0 Å². The highest BCUT2D eigenvalue weighted by Crippen LogP contribution is 2.45. The van der Waals surface area contributed by atoms with Gasteiger partial charge in [-0.25, -0.2) is 0 Å². The monoisotopic (exact) mass is 2150 g/mol. The number of fused-ring (bicyclic) bond motifs is 3. The fourth-order valence-corrected chi connectivity index (χ4v) is 25.8. The highest BCUT2D eigenvalue weighted by Gasteiger charge is 2.31. The minimum atomic E-state index is -3.16. The lowest BCUT2D eigenvalue weighted by molar-refractivity contribution is 0.592. The van der Waals surface area contributed by atoms with Crippen LogP contribution in [0.2, 0.25) is 0 Å². The third kappa shape index (κ3) is 24.1. The van der Waals surface area contributed by atoms with Crippen LogP contribution in [-0.2, 0) is 23.8 Å². The first-order valence-electron chi connectivity index (χ1n) is 46.1. The highest BCUT2D eigenvalue weighted by molar-refractivity contribution is 9.11. The van der Waals surface area contributed by atoms with Crippen LogP contribution in [0.25, 0.3) is 108 Å². The SMILES string of the molecule is Brc1ccc(/C=C/c2ccc(P(c3ccc(/C=C/c4ccc(Br)cc4)cc3)c3ccc(/C=C/c4ccc(Br)cc4)cc3)cc2)cc1.C1=C(c2ccc(P(c3ccc(C4=Cc5ccccc5C4)cc3)c3ccc(C4=Cc5ccccc5C4)cc3)cc2)Cc2ccccc21.O=P(c1ccc(/C=C/c2ccccc2)cc1)(c1ccc(/C=C/c2ccc(Br)cc2)cc1)c1ccc(/C=C/c2ccc(Br)cc2)cc1. The molecule has 3 aliphatic rings. The summed E-state index contributed by atoms with van der Waals surface area (Å²) >= 11 is 17.5. The van der Waals surface area contributed by atoms with Crippen molar-refractivity contribution in [1.82, 2.24) is 0 Å². The number of allylic oxidation sites excluding steroid dienone is 3. The molecule has 0 radical (unpaired) electrons. The van der Waals surface area contributed by atoms with E-state index < -0.39 is 23.0 Å². The van der Waals surface area contributed by atoms with E-state index in [-0.39, 0.29) is 0 Å². The average molecular weight is 2150 g/mol. The third-order valence-corrected chi connectivity index (χ3v) is 35.6. The molecular formula is C129H94Br5OP3. The van der Waals surface area contributed by atoms with Gasteiger partial charge in [-0.15, -0.1) is 0 Å². The summed E-state index contributed by atoms with van der Waals surface area (Å²) in [6, 6.07) is 158. The van der Waals surface area contributed by atoms with Crippen LogP contribution in [0.3, 0.4) is 0 Å². The van der Waals surface area contributed by atoms with Crippen molar-refractivity contribution < 1.29 is 4.57 Å². The normalized spacial score (nSPS) is 12.7. The smallest absolute Gasteiger partial charge is 0.171 e. The Labute approximate surface area is 855 Å². The largest absolute Gasteiger partial charge is 0.309 e. The third-order valence-electron chi connectivity index (χ3n) is 25.0. The molecule has 0 bridgehead atoms. The van der Waals surface area contributed by atoms with Crippen molar-refractivity contribution in [3.05, 3.63) is 582 Å². The van der Waals surface area contributed by atoms with E-state index in [0.717, 1.165) is 90.9 Å². The molecule has 0 aliphatic heterocycles. The molecule has 0 spiro atoms. The molecule has 0 aromatic heterocycles. The Kier molecular flexibility index (Phi) is 30.8.